The topological polar surface area (TPSA) is 207 Å². The molecule has 4 amide bonds. The predicted molar refractivity (Wildman–Crippen MR) is 143 cm³/mol. The summed E-state index contributed by atoms with van der Waals surface area (Å²) in [5, 5.41) is 35.4. The van der Waals surface area contributed by atoms with Crippen molar-refractivity contribution in [1.82, 2.24) is 21.3 Å². The molecule has 0 saturated heterocycles. The van der Waals surface area contributed by atoms with Crippen LogP contribution in [-0.2, 0) is 18.9 Å². The second kappa shape index (κ2) is 17.4. The monoisotopic (exact) mass is 590 g/mol. The van der Waals surface area contributed by atoms with E-state index in [0.717, 1.165) is 0 Å². The van der Waals surface area contributed by atoms with Crippen LogP contribution < -0.4 is 30.7 Å². The van der Waals surface area contributed by atoms with Gasteiger partial charge in [-0.05, 0) is 12.1 Å². The molecule has 228 valence electrons. The summed E-state index contributed by atoms with van der Waals surface area (Å²) in [6.07, 6.45) is 0. The first-order chi connectivity index (χ1) is 20.4. The second-order valence-electron chi connectivity index (χ2n) is 8.65. The Morgan fingerprint density at radius 2 is 0.690 bits per heavy atom. The van der Waals surface area contributed by atoms with Crippen LogP contribution in [0.1, 0.15) is 42.0 Å². The third kappa shape index (κ3) is 9.91. The first kappa shape index (κ1) is 32.1. The first-order valence-electron chi connectivity index (χ1n) is 13.3. The van der Waals surface area contributed by atoms with E-state index in [1.54, 1.807) is 0 Å². The Kier molecular flexibility index (Phi) is 13.3. The van der Waals surface area contributed by atoms with E-state index in [9.17, 15) is 29.6 Å². The zero-order chi connectivity index (χ0) is 30.2. The van der Waals surface area contributed by atoms with Crippen LogP contribution >= 0.6 is 0 Å². The number of carbonyl (C=O) groups excluding carboxylic acids is 4. The van der Waals surface area contributed by atoms with Gasteiger partial charge >= 0.3 is 23.6 Å². The number of ether oxygens (including phenoxy) is 4. The van der Waals surface area contributed by atoms with Crippen molar-refractivity contribution < 1.29 is 47.6 Å². The number of hydrogen-bond donors (Lipinski definition) is 4. The normalized spacial score (nSPS) is 18.1. The number of rotatable bonds is 0. The number of aromatic nitrogens is 2. The molecule has 16 heteroatoms. The number of fused-ring (bicyclic) bond motifs is 4. The summed E-state index contributed by atoms with van der Waals surface area (Å²) in [5.41, 5.74) is -0.976. The number of pyridine rings is 2. The Morgan fingerprint density at radius 3 is 0.929 bits per heavy atom. The zero-order valence-corrected chi connectivity index (χ0v) is 22.9. The number of carbonyl (C=O) groups is 4. The van der Waals surface area contributed by atoms with Crippen molar-refractivity contribution >= 4 is 23.6 Å². The molecule has 0 spiro atoms. The van der Waals surface area contributed by atoms with Crippen molar-refractivity contribution in [2.24, 2.45) is 0 Å². The number of hydrogen-bond acceptors (Lipinski definition) is 10. The molecule has 16 nitrogen and oxygen atoms in total. The van der Waals surface area contributed by atoms with Crippen LogP contribution in [0.3, 0.4) is 0 Å². The third-order valence-corrected chi connectivity index (χ3v) is 5.69. The molecule has 1 aliphatic heterocycles. The minimum Gasteiger partial charge on any atom is -0.618 e. The van der Waals surface area contributed by atoms with Gasteiger partial charge in [-0.15, -0.1) is 0 Å². The molecule has 0 atom stereocenters. The predicted octanol–water partition coefficient (Wildman–Crippen LogP) is -2.35. The Morgan fingerprint density at radius 1 is 0.452 bits per heavy atom. The summed E-state index contributed by atoms with van der Waals surface area (Å²) in [4.78, 5) is 49.7. The SMILES string of the molecule is O=C1NCCOCCOCCNC(=O)c2cccc([n+]2[O-])C(=O)NCCOCCOCCNC(=O)c2cccc1[n+]2[O-]. The Hall–Kier alpha value is -4.38. The van der Waals surface area contributed by atoms with Crippen molar-refractivity contribution in [2.75, 3.05) is 79.0 Å². The summed E-state index contributed by atoms with van der Waals surface area (Å²) in [7, 11) is 0. The maximum absolute atomic E-state index is 12.6. The summed E-state index contributed by atoms with van der Waals surface area (Å²) < 4.78 is 22.0. The first-order valence-corrected chi connectivity index (χ1v) is 13.3. The molecular weight excluding hydrogens is 556 g/mol. The van der Waals surface area contributed by atoms with Crippen LogP contribution in [0.4, 0.5) is 0 Å². The third-order valence-electron chi connectivity index (χ3n) is 5.69. The van der Waals surface area contributed by atoms with E-state index in [1.807, 2.05) is 0 Å². The molecule has 4 bridgehead atoms. The number of nitrogens with one attached hydrogen (secondary N) is 4. The zero-order valence-electron chi connectivity index (χ0n) is 22.9. The largest absolute Gasteiger partial charge is 0.618 e. The van der Waals surface area contributed by atoms with Crippen molar-refractivity contribution in [3.8, 4) is 0 Å². The van der Waals surface area contributed by atoms with E-state index in [4.69, 9.17) is 18.9 Å². The van der Waals surface area contributed by atoms with Crippen molar-refractivity contribution in [3.63, 3.8) is 0 Å². The highest BCUT2D eigenvalue weighted by molar-refractivity contribution is 5.94. The molecule has 2 aromatic rings. The van der Waals surface area contributed by atoms with Crippen LogP contribution in [0.25, 0.3) is 0 Å². The molecule has 3 rings (SSSR count). The Balaban J connectivity index is 1.54. The summed E-state index contributed by atoms with van der Waals surface area (Å²) in [6, 6.07) is 8.08. The summed E-state index contributed by atoms with van der Waals surface area (Å²) >= 11 is 0. The van der Waals surface area contributed by atoms with Gasteiger partial charge in [0.05, 0.1) is 52.9 Å². The maximum atomic E-state index is 12.6. The lowest BCUT2D eigenvalue weighted by Crippen LogP contribution is -2.47. The maximum Gasteiger partial charge on any atom is 0.317 e. The Labute approximate surface area is 241 Å². The van der Waals surface area contributed by atoms with E-state index in [1.165, 1.54) is 36.4 Å². The second-order valence-corrected chi connectivity index (χ2v) is 8.65. The molecule has 1 aliphatic rings. The minimum absolute atomic E-state index is 0.110. The van der Waals surface area contributed by atoms with E-state index in [0.29, 0.717) is 0 Å². The number of amides is 4. The minimum atomic E-state index is -0.664. The van der Waals surface area contributed by atoms with Gasteiger partial charge in [0.1, 0.15) is 0 Å². The van der Waals surface area contributed by atoms with Crippen molar-refractivity contribution in [1.29, 1.82) is 0 Å². The molecule has 3 heterocycles. The fourth-order valence-corrected chi connectivity index (χ4v) is 3.62. The standard InChI is InChI=1S/C26H34N6O10/c33-23-19-3-1-4-20(31(19)37)24(34)28-8-12-40-16-18-42-14-10-30-26(36)22-6-2-5-21(32(22)38)25(35)29-9-13-41-17-15-39-11-7-27-23/h1-6H,7-18H2,(H,27,33)(H,28,34)(H,29,35)(H,30,36). The molecule has 0 aromatic carbocycles. The van der Waals surface area contributed by atoms with Crippen LogP contribution in [0, 0.1) is 10.4 Å². The highest BCUT2D eigenvalue weighted by atomic mass is 16.5. The van der Waals surface area contributed by atoms with Gasteiger partial charge < -0.3 is 50.6 Å². The van der Waals surface area contributed by atoms with Gasteiger partial charge in [-0.3, -0.25) is 19.2 Å². The average Bonchev–Trinajstić information content (AvgIpc) is 2.98. The molecular formula is C26H34N6O10. The summed E-state index contributed by atoms with van der Waals surface area (Å²) in [5.74, 6) is -2.66. The lowest BCUT2D eigenvalue weighted by molar-refractivity contribution is -0.610. The van der Waals surface area contributed by atoms with Crippen LogP contribution in [0.2, 0.25) is 0 Å². The van der Waals surface area contributed by atoms with Crippen LogP contribution in [-0.4, -0.2) is 103 Å². The fraction of sp³-hybridized carbons (Fsp3) is 0.462. The van der Waals surface area contributed by atoms with Gasteiger partial charge in [-0.1, -0.05) is 0 Å². The lowest BCUT2D eigenvalue weighted by Gasteiger charge is -2.11. The molecule has 0 radical (unpaired) electrons. The molecule has 2 aromatic heterocycles. The molecule has 0 fully saturated rings. The van der Waals surface area contributed by atoms with Crippen LogP contribution in [0.5, 0.6) is 0 Å². The van der Waals surface area contributed by atoms with Crippen LogP contribution in [0.15, 0.2) is 36.4 Å². The van der Waals surface area contributed by atoms with E-state index in [2.05, 4.69) is 21.3 Å². The van der Waals surface area contributed by atoms with Gasteiger partial charge in [0, 0.05) is 50.4 Å². The molecule has 4 N–H and O–H groups in total. The molecule has 0 saturated carbocycles. The quantitative estimate of drug-likeness (QED) is 0.190. The molecule has 42 heavy (non-hydrogen) atoms. The lowest BCUT2D eigenvalue weighted by atomic mass is 10.2. The fourth-order valence-electron chi connectivity index (χ4n) is 3.62. The Bertz CT molecular complexity index is 1050. The van der Waals surface area contributed by atoms with Gasteiger partial charge in [0.15, 0.2) is 0 Å². The summed E-state index contributed by atoms with van der Waals surface area (Å²) in [6.45, 7) is 1.82. The van der Waals surface area contributed by atoms with Gasteiger partial charge in [-0.25, -0.2) is 0 Å². The van der Waals surface area contributed by atoms with Gasteiger partial charge in [-0.2, -0.15) is 9.46 Å². The van der Waals surface area contributed by atoms with E-state index in [-0.39, 0.29) is 111 Å². The van der Waals surface area contributed by atoms with Crippen molar-refractivity contribution in [2.45, 2.75) is 0 Å². The average molecular weight is 591 g/mol. The smallest absolute Gasteiger partial charge is 0.317 e. The van der Waals surface area contributed by atoms with Gasteiger partial charge in [0.25, 0.3) is 22.8 Å². The molecule has 0 aliphatic carbocycles. The van der Waals surface area contributed by atoms with Gasteiger partial charge in [0.2, 0.25) is 0 Å². The highest BCUT2D eigenvalue weighted by Crippen LogP contribution is 1.99. The van der Waals surface area contributed by atoms with Crippen molar-refractivity contribution in [3.05, 3.63) is 69.6 Å². The molecule has 0 unspecified atom stereocenters. The highest BCUT2D eigenvalue weighted by Gasteiger charge is 2.24. The number of nitrogens with zero attached hydrogens (tertiary/aromatic N) is 2. The van der Waals surface area contributed by atoms with E-state index >= 15 is 0 Å². The van der Waals surface area contributed by atoms with E-state index < -0.39 is 23.6 Å².